The van der Waals surface area contributed by atoms with E-state index in [4.69, 9.17) is 4.74 Å². The van der Waals surface area contributed by atoms with Crippen LogP contribution in [0.3, 0.4) is 0 Å². The van der Waals surface area contributed by atoms with Gasteiger partial charge in [0.05, 0.1) is 7.11 Å². The molecule has 1 heterocycles. The topological polar surface area (TPSA) is 44.8 Å². The van der Waals surface area contributed by atoms with Crippen molar-refractivity contribution < 1.29 is 9.53 Å². The van der Waals surface area contributed by atoms with Gasteiger partial charge in [0.2, 0.25) is 0 Å². The van der Waals surface area contributed by atoms with Gasteiger partial charge in [-0.1, -0.05) is 30.3 Å². The van der Waals surface area contributed by atoms with Crippen LogP contribution in [0.5, 0.6) is 5.75 Å². The molecular weight excluding hydrogens is 314 g/mol. The van der Waals surface area contributed by atoms with Gasteiger partial charge < -0.3 is 19.9 Å². The summed E-state index contributed by atoms with van der Waals surface area (Å²) < 4.78 is 5.19. The normalized spacial score (nSPS) is 14.6. The van der Waals surface area contributed by atoms with Crippen molar-refractivity contribution in [2.24, 2.45) is 0 Å². The summed E-state index contributed by atoms with van der Waals surface area (Å²) in [5, 5.41) is 2.84. The summed E-state index contributed by atoms with van der Waals surface area (Å²) >= 11 is 0. The quantitative estimate of drug-likeness (QED) is 0.932. The number of rotatable bonds is 4. The van der Waals surface area contributed by atoms with Gasteiger partial charge >= 0.3 is 6.03 Å². The smallest absolute Gasteiger partial charge is 0.321 e. The molecule has 0 atom stereocenters. The number of hydrogen-bond donors (Lipinski definition) is 1. The number of methoxy groups -OCH3 is 1. The SMILES string of the molecule is COc1cccc(/C=C/NC(=O)N2CCN(c3ccccc3)CC2)c1. The zero-order chi connectivity index (χ0) is 17.5. The Labute approximate surface area is 148 Å². The van der Waals surface area contributed by atoms with Gasteiger partial charge in [-0.3, -0.25) is 0 Å². The number of para-hydroxylation sites is 1. The molecule has 0 radical (unpaired) electrons. The molecule has 1 saturated heterocycles. The first-order valence-electron chi connectivity index (χ1n) is 8.42. The number of hydrogen-bond acceptors (Lipinski definition) is 3. The summed E-state index contributed by atoms with van der Waals surface area (Å²) in [5.41, 5.74) is 2.19. The van der Waals surface area contributed by atoms with E-state index in [2.05, 4.69) is 22.3 Å². The number of carbonyl (C=O) groups is 1. The number of piperazine rings is 1. The molecule has 130 valence electrons. The van der Waals surface area contributed by atoms with Crippen LogP contribution in [0.2, 0.25) is 0 Å². The van der Waals surface area contributed by atoms with Crippen molar-refractivity contribution >= 4 is 17.8 Å². The number of anilines is 1. The fourth-order valence-electron chi connectivity index (χ4n) is 2.85. The van der Waals surface area contributed by atoms with Crippen LogP contribution in [0.15, 0.2) is 60.8 Å². The number of nitrogens with zero attached hydrogens (tertiary/aromatic N) is 2. The lowest BCUT2D eigenvalue weighted by Gasteiger charge is -2.35. The molecule has 2 amide bonds. The van der Waals surface area contributed by atoms with Gasteiger partial charge in [0.15, 0.2) is 0 Å². The number of benzene rings is 2. The molecule has 0 spiro atoms. The summed E-state index contributed by atoms with van der Waals surface area (Å²) in [7, 11) is 1.64. The second-order valence-electron chi connectivity index (χ2n) is 5.87. The van der Waals surface area contributed by atoms with E-state index in [1.54, 1.807) is 13.3 Å². The second-order valence-corrected chi connectivity index (χ2v) is 5.87. The van der Waals surface area contributed by atoms with Gasteiger partial charge in [0.25, 0.3) is 0 Å². The minimum atomic E-state index is -0.0631. The fourth-order valence-corrected chi connectivity index (χ4v) is 2.85. The monoisotopic (exact) mass is 337 g/mol. The minimum Gasteiger partial charge on any atom is -0.497 e. The Hall–Kier alpha value is -2.95. The highest BCUT2D eigenvalue weighted by molar-refractivity contribution is 5.76. The molecule has 1 aliphatic heterocycles. The van der Waals surface area contributed by atoms with Crippen LogP contribution in [0.4, 0.5) is 10.5 Å². The second kappa shape index (κ2) is 8.24. The van der Waals surface area contributed by atoms with E-state index in [-0.39, 0.29) is 6.03 Å². The Morgan fingerprint density at radius 2 is 1.80 bits per heavy atom. The lowest BCUT2D eigenvalue weighted by Crippen LogP contribution is -2.51. The van der Waals surface area contributed by atoms with Crippen LogP contribution < -0.4 is 15.0 Å². The highest BCUT2D eigenvalue weighted by Gasteiger charge is 2.20. The molecule has 0 bridgehead atoms. The van der Waals surface area contributed by atoms with Crippen molar-refractivity contribution in [2.75, 3.05) is 38.2 Å². The summed E-state index contributed by atoms with van der Waals surface area (Å²) in [6.45, 7) is 3.12. The van der Waals surface area contributed by atoms with E-state index in [0.717, 1.165) is 24.4 Å². The van der Waals surface area contributed by atoms with E-state index in [1.807, 2.05) is 53.4 Å². The zero-order valence-electron chi connectivity index (χ0n) is 14.4. The maximum absolute atomic E-state index is 12.3. The Morgan fingerprint density at radius 3 is 2.52 bits per heavy atom. The van der Waals surface area contributed by atoms with Crippen molar-refractivity contribution in [3.05, 3.63) is 66.4 Å². The number of amides is 2. The van der Waals surface area contributed by atoms with Crippen LogP contribution in [-0.4, -0.2) is 44.2 Å². The van der Waals surface area contributed by atoms with Crippen LogP contribution in [-0.2, 0) is 0 Å². The first-order chi connectivity index (χ1) is 12.3. The lowest BCUT2D eigenvalue weighted by atomic mass is 10.2. The molecule has 2 aromatic carbocycles. The van der Waals surface area contributed by atoms with Crippen molar-refractivity contribution in [1.29, 1.82) is 0 Å². The van der Waals surface area contributed by atoms with Crippen LogP contribution in [0.25, 0.3) is 6.08 Å². The lowest BCUT2D eigenvalue weighted by molar-refractivity contribution is 0.198. The van der Waals surface area contributed by atoms with Crippen LogP contribution >= 0.6 is 0 Å². The average molecular weight is 337 g/mol. The average Bonchev–Trinajstić information content (AvgIpc) is 2.69. The molecule has 0 aliphatic carbocycles. The maximum atomic E-state index is 12.3. The van der Waals surface area contributed by atoms with Crippen LogP contribution in [0.1, 0.15) is 5.56 Å². The number of urea groups is 1. The van der Waals surface area contributed by atoms with E-state index in [0.29, 0.717) is 13.1 Å². The molecule has 0 aromatic heterocycles. The summed E-state index contributed by atoms with van der Waals surface area (Å²) in [6.07, 6.45) is 3.54. The highest BCUT2D eigenvalue weighted by atomic mass is 16.5. The fraction of sp³-hybridized carbons (Fsp3) is 0.250. The van der Waals surface area contributed by atoms with Gasteiger partial charge in [0, 0.05) is 38.1 Å². The predicted molar refractivity (Wildman–Crippen MR) is 101 cm³/mol. The Kier molecular flexibility index (Phi) is 5.57. The third kappa shape index (κ3) is 4.53. The van der Waals surface area contributed by atoms with Crippen molar-refractivity contribution in [1.82, 2.24) is 10.2 Å². The molecule has 1 fully saturated rings. The van der Waals surface area contributed by atoms with Gasteiger partial charge in [-0.25, -0.2) is 4.79 Å². The third-order valence-corrected chi connectivity index (χ3v) is 4.26. The molecule has 3 rings (SSSR count). The van der Waals surface area contributed by atoms with E-state index in [9.17, 15) is 4.79 Å². The summed E-state index contributed by atoms with van der Waals surface area (Å²) in [4.78, 5) is 16.4. The van der Waals surface area contributed by atoms with Crippen molar-refractivity contribution in [3.63, 3.8) is 0 Å². The minimum absolute atomic E-state index is 0.0631. The number of carbonyl (C=O) groups excluding carboxylic acids is 1. The third-order valence-electron chi connectivity index (χ3n) is 4.26. The van der Waals surface area contributed by atoms with Gasteiger partial charge in [-0.05, 0) is 35.9 Å². The summed E-state index contributed by atoms with van der Waals surface area (Å²) in [6, 6.07) is 17.9. The Balaban J connectivity index is 1.48. The number of nitrogens with one attached hydrogen (secondary N) is 1. The molecule has 5 nitrogen and oxygen atoms in total. The highest BCUT2D eigenvalue weighted by Crippen LogP contribution is 2.16. The van der Waals surface area contributed by atoms with Gasteiger partial charge in [-0.15, -0.1) is 0 Å². The molecule has 25 heavy (non-hydrogen) atoms. The molecule has 0 unspecified atom stereocenters. The van der Waals surface area contributed by atoms with Gasteiger partial charge in [0.1, 0.15) is 5.75 Å². The zero-order valence-corrected chi connectivity index (χ0v) is 14.4. The molecule has 0 saturated carbocycles. The molecule has 1 N–H and O–H groups in total. The maximum Gasteiger partial charge on any atom is 0.321 e. The van der Waals surface area contributed by atoms with Gasteiger partial charge in [-0.2, -0.15) is 0 Å². The van der Waals surface area contributed by atoms with E-state index >= 15 is 0 Å². The number of ether oxygens (including phenoxy) is 1. The molecule has 1 aliphatic rings. The molecular formula is C20H23N3O2. The van der Waals surface area contributed by atoms with Crippen molar-refractivity contribution in [2.45, 2.75) is 0 Å². The largest absolute Gasteiger partial charge is 0.497 e. The van der Waals surface area contributed by atoms with Crippen LogP contribution in [0, 0.1) is 0 Å². The van der Waals surface area contributed by atoms with Crippen molar-refractivity contribution in [3.8, 4) is 5.75 Å². The van der Waals surface area contributed by atoms with E-state index in [1.165, 1.54) is 5.69 Å². The predicted octanol–water partition coefficient (Wildman–Crippen LogP) is 3.20. The first-order valence-corrected chi connectivity index (χ1v) is 8.42. The molecule has 2 aromatic rings. The molecule has 5 heteroatoms. The first kappa shape index (κ1) is 16.9. The Bertz CT molecular complexity index is 723. The van der Waals surface area contributed by atoms with E-state index < -0.39 is 0 Å². The Morgan fingerprint density at radius 1 is 1.04 bits per heavy atom. The summed E-state index contributed by atoms with van der Waals surface area (Å²) in [5.74, 6) is 0.797. The standard InChI is InChI=1S/C20H23N3O2/c1-25-19-9-5-6-17(16-19)10-11-21-20(24)23-14-12-22(13-15-23)18-7-3-2-4-8-18/h2-11,16H,12-15H2,1H3,(H,21,24)/b11-10+.